The number of aliphatic hydroxyl groups is 1. The number of nitrogens with one attached hydrogen (secondary N) is 2. The Morgan fingerprint density at radius 2 is 1.75 bits per heavy atom. The first-order valence-electron chi connectivity index (χ1n) is 9.58. The topological polar surface area (TPSA) is 114 Å². The minimum atomic E-state index is -1.36. The standard InChI is InChI=1S/C23H21N3O5S/c1-31-20-12-10-17(11-13-20)23(15-27,18-8-5-9-19(14-18)26(29)30)25-22(32)24-21(28)16-6-3-2-4-7-16/h2-14,27H,15H2,1H3,(H2,24,25,28,32). The number of benzene rings is 3. The van der Waals surface area contributed by atoms with Crippen molar-refractivity contribution in [1.29, 1.82) is 0 Å². The van der Waals surface area contributed by atoms with Crippen LogP contribution in [-0.4, -0.2) is 34.8 Å². The average molecular weight is 452 g/mol. The molecule has 0 saturated heterocycles. The Bertz CT molecular complexity index is 1120. The molecular formula is C23H21N3O5S. The smallest absolute Gasteiger partial charge is 0.269 e. The number of non-ortho nitro benzene ring substituents is 1. The van der Waals surface area contributed by atoms with Gasteiger partial charge in [0.25, 0.3) is 11.6 Å². The molecule has 9 heteroatoms. The summed E-state index contributed by atoms with van der Waals surface area (Å²) < 4.78 is 5.20. The lowest BCUT2D eigenvalue weighted by Crippen LogP contribution is -2.54. The molecule has 0 saturated carbocycles. The summed E-state index contributed by atoms with van der Waals surface area (Å²) in [4.78, 5) is 23.3. The van der Waals surface area contributed by atoms with Crippen molar-refractivity contribution in [2.24, 2.45) is 0 Å². The molecule has 0 fully saturated rings. The minimum absolute atomic E-state index is 0.0461. The van der Waals surface area contributed by atoms with Crippen molar-refractivity contribution < 1.29 is 19.6 Å². The maximum absolute atomic E-state index is 12.5. The minimum Gasteiger partial charge on any atom is -0.497 e. The number of hydrogen-bond donors (Lipinski definition) is 3. The summed E-state index contributed by atoms with van der Waals surface area (Å²) in [5.74, 6) is 0.170. The number of nitro groups is 1. The van der Waals surface area contributed by atoms with E-state index in [0.29, 0.717) is 22.4 Å². The van der Waals surface area contributed by atoms with Gasteiger partial charge in [-0.25, -0.2) is 0 Å². The highest BCUT2D eigenvalue weighted by Crippen LogP contribution is 2.32. The molecule has 0 bridgehead atoms. The van der Waals surface area contributed by atoms with Crippen molar-refractivity contribution >= 4 is 28.9 Å². The summed E-state index contributed by atoms with van der Waals surface area (Å²) in [5, 5.41) is 27.4. The molecule has 8 nitrogen and oxygen atoms in total. The molecule has 1 unspecified atom stereocenters. The van der Waals surface area contributed by atoms with Gasteiger partial charge >= 0.3 is 0 Å². The van der Waals surface area contributed by atoms with Crippen molar-refractivity contribution in [3.63, 3.8) is 0 Å². The molecule has 0 heterocycles. The Kier molecular flexibility index (Phi) is 7.14. The van der Waals surface area contributed by atoms with Gasteiger partial charge in [-0.15, -0.1) is 0 Å². The van der Waals surface area contributed by atoms with E-state index < -0.39 is 23.0 Å². The molecule has 3 rings (SSSR count). The normalized spacial score (nSPS) is 12.3. The van der Waals surface area contributed by atoms with Gasteiger partial charge in [0.15, 0.2) is 5.11 Å². The van der Waals surface area contributed by atoms with E-state index in [9.17, 15) is 20.0 Å². The zero-order valence-corrected chi connectivity index (χ0v) is 18.0. The molecule has 3 N–H and O–H groups in total. The summed E-state index contributed by atoms with van der Waals surface area (Å²) in [6.07, 6.45) is 0. The zero-order chi connectivity index (χ0) is 23.1. The SMILES string of the molecule is COc1ccc(C(CO)(NC(=S)NC(=O)c2ccccc2)c2cccc([N+](=O)[O-])c2)cc1. The Morgan fingerprint density at radius 3 is 2.34 bits per heavy atom. The number of thiocarbonyl (C=S) groups is 1. The van der Waals surface area contributed by atoms with Gasteiger partial charge in [-0.05, 0) is 47.6 Å². The van der Waals surface area contributed by atoms with E-state index in [2.05, 4.69) is 10.6 Å². The monoisotopic (exact) mass is 451 g/mol. The number of ether oxygens (including phenoxy) is 1. The van der Waals surface area contributed by atoms with E-state index in [1.165, 1.54) is 25.3 Å². The number of nitro benzene ring substituents is 1. The first kappa shape index (κ1) is 22.9. The summed E-state index contributed by atoms with van der Waals surface area (Å²) in [5.41, 5.74) is -0.131. The highest BCUT2D eigenvalue weighted by atomic mass is 32.1. The number of hydrogen-bond acceptors (Lipinski definition) is 6. The molecule has 3 aromatic rings. The highest BCUT2D eigenvalue weighted by molar-refractivity contribution is 7.80. The Morgan fingerprint density at radius 1 is 1.06 bits per heavy atom. The lowest BCUT2D eigenvalue weighted by atomic mass is 9.83. The predicted molar refractivity (Wildman–Crippen MR) is 124 cm³/mol. The van der Waals surface area contributed by atoms with Gasteiger partial charge in [0, 0.05) is 17.7 Å². The third kappa shape index (κ3) is 4.90. The molecule has 0 aromatic heterocycles. The van der Waals surface area contributed by atoms with Crippen molar-refractivity contribution in [1.82, 2.24) is 10.6 Å². The molecule has 0 spiro atoms. The summed E-state index contributed by atoms with van der Waals surface area (Å²) in [6, 6.07) is 21.2. The number of amides is 1. The average Bonchev–Trinajstić information content (AvgIpc) is 2.83. The second-order valence-corrected chi connectivity index (χ2v) is 7.28. The van der Waals surface area contributed by atoms with E-state index in [4.69, 9.17) is 17.0 Å². The summed E-state index contributed by atoms with van der Waals surface area (Å²) >= 11 is 5.36. The van der Waals surface area contributed by atoms with E-state index >= 15 is 0 Å². The van der Waals surface area contributed by atoms with Gasteiger partial charge < -0.3 is 15.2 Å². The van der Waals surface area contributed by atoms with Gasteiger partial charge in [-0.3, -0.25) is 20.2 Å². The number of rotatable bonds is 7. The first-order valence-corrected chi connectivity index (χ1v) is 9.99. The fourth-order valence-electron chi connectivity index (χ4n) is 3.28. The summed E-state index contributed by atoms with van der Waals surface area (Å²) in [6.45, 7) is -0.498. The quantitative estimate of drug-likeness (QED) is 0.287. The fraction of sp³-hybridized carbons (Fsp3) is 0.130. The van der Waals surface area contributed by atoms with Crippen LogP contribution < -0.4 is 15.4 Å². The molecule has 32 heavy (non-hydrogen) atoms. The van der Waals surface area contributed by atoms with Gasteiger partial charge in [-0.1, -0.05) is 42.5 Å². The number of methoxy groups -OCH3 is 1. The number of carbonyl (C=O) groups excluding carboxylic acids is 1. The van der Waals surface area contributed by atoms with Crippen LogP contribution in [0, 0.1) is 10.1 Å². The molecule has 0 radical (unpaired) electrons. The van der Waals surface area contributed by atoms with Crippen molar-refractivity contribution in [2.45, 2.75) is 5.54 Å². The second kappa shape index (κ2) is 9.99. The van der Waals surface area contributed by atoms with Gasteiger partial charge in [-0.2, -0.15) is 0 Å². The van der Waals surface area contributed by atoms with Gasteiger partial charge in [0.05, 0.1) is 18.6 Å². The van der Waals surface area contributed by atoms with Crippen LogP contribution in [0.2, 0.25) is 0 Å². The van der Waals surface area contributed by atoms with E-state index in [-0.39, 0.29) is 10.8 Å². The van der Waals surface area contributed by atoms with Crippen LogP contribution >= 0.6 is 12.2 Å². The number of carbonyl (C=O) groups is 1. The van der Waals surface area contributed by atoms with Crippen LogP contribution in [0.4, 0.5) is 5.69 Å². The van der Waals surface area contributed by atoms with E-state index in [1.54, 1.807) is 60.7 Å². The molecule has 3 aromatic carbocycles. The third-order valence-corrected chi connectivity index (χ3v) is 5.16. The lowest BCUT2D eigenvalue weighted by Gasteiger charge is -2.35. The molecule has 0 aliphatic carbocycles. The van der Waals surface area contributed by atoms with E-state index in [0.717, 1.165) is 0 Å². The van der Waals surface area contributed by atoms with Crippen molar-refractivity contribution in [3.8, 4) is 5.75 Å². The van der Waals surface area contributed by atoms with Crippen molar-refractivity contribution in [3.05, 3.63) is 106 Å². The van der Waals surface area contributed by atoms with Crippen molar-refractivity contribution in [2.75, 3.05) is 13.7 Å². The maximum Gasteiger partial charge on any atom is 0.269 e. The Labute approximate surface area is 190 Å². The van der Waals surface area contributed by atoms with Gasteiger partial charge in [0.1, 0.15) is 11.3 Å². The van der Waals surface area contributed by atoms with Crippen LogP contribution in [-0.2, 0) is 5.54 Å². The van der Waals surface area contributed by atoms with Gasteiger partial charge in [0.2, 0.25) is 0 Å². The molecule has 0 aliphatic heterocycles. The number of aliphatic hydroxyl groups excluding tert-OH is 1. The van der Waals surface area contributed by atoms with Crippen LogP contribution in [0.15, 0.2) is 78.9 Å². The number of nitrogens with zero attached hydrogens (tertiary/aromatic N) is 1. The second-order valence-electron chi connectivity index (χ2n) is 6.87. The predicted octanol–water partition coefficient (Wildman–Crippen LogP) is 3.14. The molecule has 1 amide bonds. The van der Waals surface area contributed by atoms with Crippen LogP contribution in [0.3, 0.4) is 0 Å². The largest absolute Gasteiger partial charge is 0.497 e. The highest BCUT2D eigenvalue weighted by Gasteiger charge is 2.36. The Balaban J connectivity index is 2.01. The molecule has 1 atom stereocenters. The molecular weight excluding hydrogens is 430 g/mol. The first-order chi connectivity index (χ1) is 15.4. The third-order valence-electron chi connectivity index (χ3n) is 4.96. The van der Waals surface area contributed by atoms with Crippen LogP contribution in [0.25, 0.3) is 0 Å². The maximum atomic E-state index is 12.5. The molecule has 164 valence electrons. The summed E-state index contributed by atoms with van der Waals surface area (Å²) in [7, 11) is 1.53. The van der Waals surface area contributed by atoms with Crippen LogP contribution in [0.5, 0.6) is 5.75 Å². The zero-order valence-electron chi connectivity index (χ0n) is 17.1. The lowest BCUT2D eigenvalue weighted by molar-refractivity contribution is -0.385. The fourth-order valence-corrected chi connectivity index (χ4v) is 3.55. The van der Waals surface area contributed by atoms with Crippen LogP contribution in [0.1, 0.15) is 21.5 Å². The van der Waals surface area contributed by atoms with E-state index in [1.807, 2.05) is 0 Å². The molecule has 0 aliphatic rings. The Hall–Kier alpha value is -3.82.